The number of hydrazine groups is 2. The van der Waals surface area contributed by atoms with Crippen molar-refractivity contribution in [2.24, 2.45) is 16.0 Å². The summed E-state index contributed by atoms with van der Waals surface area (Å²) in [6.45, 7) is 27.4. The summed E-state index contributed by atoms with van der Waals surface area (Å²) in [5.74, 6) is -0.438. The van der Waals surface area contributed by atoms with E-state index in [9.17, 15) is 29.0 Å². The molecule has 19 nitrogen and oxygen atoms in total. The van der Waals surface area contributed by atoms with Gasteiger partial charge in [0.1, 0.15) is 17.8 Å². The maximum Gasteiger partial charge on any atom is 0.583 e. The summed E-state index contributed by atoms with van der Waals surface area (Å²) in [6.07, 6.45) is 3.42. The number of hydrogen-bond acceptors (Lipinski definition) is 15. The monoisotopic (exact) mass is 1070 g/mol. The number of ether oxygens (including phenoxy) is 2. The maximum absolute atomic E-state index is 14.1. The zero-order valence-corrected chi connectivity index (χ0v) is 47.3. The molecule has 1 fully saturated rings. The number of oxime groups is 1. The van der Waals surface area contributed by atoms with Crippen LogP contribution >= 0.6 is 12.4 Å². The van der Waals surface area contributed by atoms with Gasteiger partial charge in [0.25, 0.3) is 23.6 Å². The summed E-state index contributed by atoms with van der Waals surface area (Å²) in [7, 11) is 1.01. The normalized spacial score (nSPS) is 14.8. The molecule has 76 heavy (non-hydrogen) atoms. The molecule has 0 bridgehead atoms. The standard InChI is InChI=1S/C30H41BN2O6.C24H30BN3O5.ClH.H3NO2/c1-11-25(28(3,4)5)33(32-26(35)22-13-12-14-24(37-10)19(22)2)27(36)20-15-16-21(18-34)23(17-20)31-38-29(6,7)30(8,9)39-31;1-7-21(24(3,4)5)28(27-22(29)18-9-8-10-20(32-6)15(18)2)23(30)16-11-12-17-14-26-33-25(31)19(17)13-16;;2-1-3/h12-18,25H,11H2,1-10H3,(H,32,35);8-14,21,31H,7H2,1-6H3,(H,27,29);1H;1-3H/t25-;21-;;/m11../s1. The van der Waals surface area contributed by atoms with Gasteiger partial charge in [-0.25, -0.2) is 10.0 Å². The zero-order valence-electron chi connectivity index (χ0n) is 46.5. The second kappa shape index (κ2) is 26.6. The van der Waals surface area contributed by atoms with Gasteiger partial charge >= 0.3 is 14.2 Å². The number of aldehydes is 1. The number of nitrogens with one attached hydrogen (secondary N) is 3. The fourth-order valence-corrected chi connectivity index (χ4v) is 8.92. The second-order valence-corrected chi connectivity index (χ2v) is 21.3. The van der Waals surface area contributed by atoms with Crippen molar-refractivity contribution in [1.29, 1.82) is 0 Å². The van der Waals surface area contributed by atoms with E-state index in [0.717, 1.165) is 11.9 Å². The number of benzene rings is 4. The van der Waals surface area contributed by atoms with Gasteiger partial charge in [-0.15, -0.1) is 17.6 Å². The first kappa shape index (κ1) is 64.0. The number of hydrogen-bond donors (Lipinski definition) is 6. The Morgan fingerprint density at radius 3 is 1.50 bits per heavy atom. The lowest BCUT2D eigenvalue weighted by Crippen LogP contribution is -2.56. The van der Waals surface area contributed by atoms with Crippen LogP contribution in [0.4, 0.5) is 0 Å². The van der Waals surface area contributed by atoms with E-state index < -0.39 is 43.2 Å². The Morgan fingerprint density at radius 1 is 0.711 bits per heavy atom. The fourth-order valence-electron chi connectivity index (χ4n) is 8.92. The molecule has 0 saturated carbocycles. The van der Waals surface area contributed by atoms with Crippen LogP contribution in [0.1, 0.15) is 164 Å². The van der Waals surface area contributed by atoms with Gasteiger partial charge in [-0.3, -0.25) is 45.2 Å². The summed E-state index contributed by atoms with van der Waals surface area (Å²) in [5.41, 5.74) is 9.31. The first-order chi connectivity index (χ1) is 35.1. The van der Waals surface area contributed by atoms with Crippen molar-refractivity contribution in [3.05, 3.63) is 117 Å². The zero-order chi connectivity index (χ0) is 56.4. The van der Waals surface area contributed by atoms with Gasteiger partial charge in [0.15, 0.2) is 0 Å². The number of amides is 4. The van der Waals surface area contributed by atoms with Gasteiger partial charge < -0.3 is 28.6 Å². The third-order valence-electron chi connectivity index (χ3n) is 13.7. The lowest BCUT2D eigenvalue weighted by molar-refractivity contribution is -0.0678. The lowest BCUT2D eigenvalue weighted by Gasteiger charge is -2.39. The predicted octanol–water partition coefficient (Wildman–Crippen LogP) is 7.17. The average Bonchev–Trinajstić information content (AvgIpc) is 3.57. The molecule has 2 atom stereocenters. The molecule has 4 aromatic carbocycles. The van der Waals surface area contributed by atoms with Crippen LogP contribution in [0.5, 0.6) is 11.5 Å². The van der Waals surface area contributed by atoms with Crippen LogP contribution in [-0.2, 0) is 14.1 Å². The highest BCUT2D eigenvalue weighted by Crippen LogP contribution is 2.37. The van der Waals surface area contributed by atoms with Crippen molar-refractivity contribution in [3.8, 4) is 11.5 Å². The number of nitrogens with zero attached hydrogens (tertiary/aromatic N) is 3. The van der Waals surface area contributed by atoms with E-state index in [0.29, 0.717) is 79.8 Å². The van der Waals surface area contributed by atoms with Gasteiger partial charge in [0.2, 0.25) is 0 Å². The highest BCUT2D eigenvalue weighted by Gasteiger charge is 2.52. The van der Waals surface area contributed by atoms with Crippen molar-refractivity contribution in [2.75, 3.05) is 14.2 Å². The SMILES string of the molecule is CC[C@@H](N(NC(=O)c1cccc(OC)c1C)C(=O)c1ccc(C=O)c(B2OC(C)(C)C(C)(C)O2)c1)C(C)(C)C.CC[C@@H](N(NC(=O)c1cccc(OC)c1C)C(=O)c1ccc2c(c1)B(O)ON=C2)C(C)(C)C.Cl.ONO. The Labute approximate surface area is 453 Å². The minimum atomic E-state index is -1.26. The van der Waals surface area contributed by atoms with E-state index in [1.54, 1.807) is 101 Å². The van der Waals surface area contributed by atoms with Crippen molar-refractivity contribution >= 4 is 73.7 Å². The molecule has 0 aromatic heterocycles. The Morgan fingerprint density at radius 2 is 1.12 bits per heavy atom. The van der Waals surface area contributed by atoms with Crippen LogP contribution in [0.25, 0.3) is 0 Å². The van der Waals surface area contributed by atoms with E-state index in [1.807, 2.05) is 83.1 Å². The molecular formula is C54H75B2ClN6O13. The van der Waals surface area contributed by atoms with Crippen molar-refractivity contribution in [1.82, 2.24) is 26.5 Å². The molecular weight excluding hydrogens is 998 g/mol. The smallest absolute Gasteiger partial charge is 0.496 e. The van der Waals surface area contributed by atoms with Crippen molar-refractivity contribution in [2.45, 2.75) is 133 Å². The molecule has 412 valence electrons. The first-order valence-corrected chi connectivity index (χ1v) is 24.6. The van der Waals surface area contributed by atoms with Gasteiger partial charge in [-0.2, -0.15) is 0 Å². The molecule has 4 amide bonds. The molecule has 0 aliphatic carbocycles. The number of carbonyl (C=O) groups excluding carboxylic acids is 5. The number of fused-ring (bicyclic) bond motifs is 1. The third-order valence-corrected chi connectivity index (χ3v) is 13.7. The Bertz CT molecular complexity index is 2710. The molecule has 1 saturated heterocycles. The van der Waals surface area contributed by atoms with E-state index in [1.165, 1.54) is 16.2 Å². The van der Waals surface area contributed by atoms with Crippen LogP contribution in [0.15, 0.2) is 78.0 Å². The average molecular weight is 1070 g/mol. The topological polar surface area (TPSA) is 247 Å². The maximum atomic E-state index is 14.1. The predicted molar refractivity (Wildman–Crippen MR) is 294 cm³/mol. The fraction of sp³-hybridized carbons (Fsp3) is 0.444. The summed E-state index contributed by atoms with van der Waals surface area (Å²) >= 11 is 0. The lowest BCUT2D eigenvalue weighted by atomic mass is 9.75. The third kappa shape index (κ3) is 14.8. The van der Waals surface area contributed by atoms with Crippen LogP contribution in [-0.4, -0.2) is 113 Å². The minimum Gasteiger partial charge on any atom is -0.496 e. The molecule has 0 spiro atoms. The van der Waals surface area contributed by atoms with Crippen molar-refractivity contribution in [3.63, 3.8) is 0 Å². The van der Waals surface area contributed by atoms with Gasteiger partial charge in [0.05, 0.1) is 43.7 Å². The van der Waals surface area contributed by atoms with Gasteiger partial charge in [-0.1, -0.05) is 85.3 Å². The summed E-state index contributed by atoms with van der Waals surface area (Å²) < 4.78 is 28.0. The highest BCUT2D eigenvalue weighted by molar-refractivity contribution is 6.63. The van der Waals surface area contributed by atoms with E-state index in [-0.39, 0.29) is 41.2 Å². The Hall–Kier alpha value is -6.32. The largest absolute Gasteiger partial charge is 0.583 e. The van der Waals surface area contributed by atoms with Gasteiger partial charge in [-0.05, 0) is 125 Å². The molecule has 0 unspecified atom stereocenters. The number of rotatable bonds is 12. The molecule has 2 aliphatic rings. The number of carbonyl (C=O) groups is 5. The first-order valence-electron chi connectivity index (χ1n) is 24.6. The molecule has 6 N–H and O–H groups in total. The van der Waals surface area contributed by atoms with Gasteiger partial charge in [0, 0.05) is 44.4 Å². The summed E-state index contributed by atoms with van der Waals surface area (Å²) in [4.78, 5) is 66.5. The quantitative estimate of drug-likeness (QED) is 0.0468. The van der Waals surface area contributed by atoms with E-state index in [2.05, 4.69) is 16.0 Å². The summed E-state index contributed by atoms with van der Waals surface area (Å²) in [5, 5.41) is 30.3. The highest BCUT2D eigenvalue weighted by atomic mass is 35.5. The molecule has 6 rings (SSSR count). The second-order valence-electron chi connectivity index (χ2n) is 21.3. The molecule has 22 heteroatoms. The van der Waals surface area contributed by atoms with Crippen molar-refractivity contribution < 1.29 is 62.9 Å². The number of halogens is 1. The minimum absolute atomic E-state index is 0. The van der Waals surface area contributed by atoms with Crippen LogP contribution in [0.3, 0.4) is 0 Å². The van der Waals surface area contributed by atoms with Crippen LogP contribution in [0.2, 0.25) is 0 Å². The van der Waals surface area contributed by atoms with Crippen LogP contribution < -0.4 is 36.9 Å². The molecule has 0 radical (unpaired) electrons. The molecule has 2 heterocycles. The Balaban J connectivity index is 0.000000380. The molecule has 2 aliphatic heterocycles. The number of methoxy groups -OCH3 is 2. The van der Waals surface area contributed by atoms with Crippen LogP contribution in [0, 0.1) is 24.7 Å². The van der Waals surface area contributed by atoms with E-state index >= 15 is 0 Å². The molecule has 4 aromatic rings. The Kier molecular flexibility index (Phi) is 22.4. The van der Waals surface area contributed by atoms with E-state index in [4.69, 9.17) is 34.0 Å². The summed E-state index contributed by atoms with van der Waals surface area (Å²) in [6, 6.07) is 19.5.